The quantitative estimate of drug-likeness (QED) is 0.616. The van der Waals surface area contributed by atoms with E-state index in [9.17, 15) is 13.2 Å². The number of fused-ring (bicyclic) bond motifs is 1. The molecule has 1 saturated heterocycles. The molecular formula is C21H22F3N9. The molecule has 0 amide bonds. The van der Waals surface area contributed by atoms with E-state index < -0.39 is 11.7 Å². The first-order valence-corrected chi connectivity index (χ1v) is 10.7. The van der Waals surface area contributed by atoms with Crippen LogP contribution < -0.4 is 10.6 Å². The lowest BCUT2D eigenvalue weighted by molar-refractivity contribution is -0.138. The number of aryl methyl sites for hydroxylation is 1. The van der Waals surface area contributed by atoms with Crippen molar-refractivity contribution in [3.05, 3.63) is 46.9 Å². The summed E-state index contributed by atoms with van der Waals surface area (Å²) in [5, 5.41) is 17.9. The van der Waals surface area contributed by atoms with Gasteiger partial charge in [-0.25, -0.2) is 19.6 Å². The number of anilines is 1. The standard InChI is InChI=1S/C21H22F3N9/c1-11-3-4-12(9-25-11)27-20-26-10-15(21(22,23)24)18(29-20)14-6-7-16-13(14)5-8-17(28-16)19-30-31-32-33(19)2/h5-6,8,10-12,25H,3-4,7,9H2,1-2H3,(H,26,27,29)/t11-,12-/m1/s1. The highest BCUT2D eigenvalue weighted by Crippen LogP contribution is 2.39. The van der Waals surface area contributed by atoms with Crippen molar-refractivity contribution in [2.24, 2.45) is 7.05 Å². The maximum absolute atomic E-state index is 13.8. The third kappa shape index (κ3) is 4.17. The monoisotopic (exact) mass is 457 g/mol. The predicted molar refractivity (Wildman–Crippen MR) is 114 cm³/mol. The molecule has 0 bridgehead atoms. The van der Waals surface area contributed by atoms with Crippen molar-refractivity contribution >= 4 is 11.5 Å². The van der Waals surface area contributed by atoms with Crippen LogP contribution in [-0.2, 0) is 19.6 Å². The molecule has 3 aromatic heterocycles. The van der Waals surface area contributed by atoms with Crippen molar-refractivity contribution in [3.63, 3.8) is 0 Å². The van der Waals surface area contributed by atoms with E-state index in [-0.39, 0.29) is 17.7 Å². The Labute approximate surface area is 187 Å². The molecule has 9 nitrogen and oxygen atoms in total. The first kappa shape index (κ1) is 21.4. The fourth-order valence-electron chi connectivity index (χ4n) is 4.17. The summed E-state index contributed by atoms with van der Waals surface area (Å²) in [5.41, 5.74) is 1.19. The summed E-state index contributed by atoms with van der Waals surface area (Å²) in [6.45, 7) is 2.81. The van der Waals surface area contributed by atoms with Crippen LogP contribution in [0.4, 0.5) is 19.1 Å². The van der Waals surface area contributed by atoms with E-state index in [1.807, 2.05) is 0 Å². The average molecular weight is 457 g/mol. The van der Waals surface area contributed by atoms with Crippen LogP contribution in [0, 0.1) is 0 Å². The minimum absolute atomic E-state index is 0.0554. The van der Waals surface area contributed by atoms with Gasteiger partial charge in [-0.05, 0) is 36.3 Å². The molecule has 0 spiro atoms. The first-order chi connectivity index (χ1) is 15.8. The van der Waals surface area contributed by atoms with Crippen LogP contribution in [0.2, 0.25) is 0 Å². The molecule has 2 atom stereocenters. The number of hydrogen-bond acceptors (Lipinski definition) is 8. The number of nitrogens with zero attached hydrogens (tertiary/aromatic N) is 7. The molecule has 0 aromatic carbocycles. The molecule has 0 unspecified atom stereocenters. The van der Waals surface area contributed by atoms with Crippen LogP contribution in [-0.4, -0.2) is 53.8 Å². The number of piperidine rings is 1. The lowest BCUT2D eigenvalue weighted by Crippen LogP contribution is -2.43. The van der Waals surface area contributed by atoms with Gasteiger partial charge in [-0.1, -0.05) is 12.1 Å². The molecule has 1 aliphatic carbocycles. The van der Waals surface area contributed by atoms with E-state index in [2.05, 4.69) is 48.0 Å². The zero-order valence-corrected chi connectivity index (χ0v) is 18.1. The Balaban J connectivity index is 1.49. The molecule has 172 valence electrons. The van der Waals surface area contributed by atoms with Crippen molar-refractivity contribution in [1.29, 1.82) is 0 Å². The average Bonchev–Trinajstić information content (AvgIpc) is 3.40. The van der Waals surface area contributed by atoms with Crippen LogP contribution >= 0.6 is 0 Å². The van der Waals surface area contributed by atoms with Gasteiger partial charge in [-0.15, -0.1) is 5.10 Å². The second kappa shape index (κ2) is 8.18. The first-order valence-electron chi connectivity index (χ1n) is 10.7. The summed E-state index contributed by atoms with van der Waals surface area (Å²) in [6, 6.07) is 3.92. The summed E-state index contributed by atoms with van der Waals surface area (Å²) in [5.74, 6) is 0.662. The van der Waals surface area contributed by atoms with Crippen LogP contribution in [0.15, 0.2) is 24.4 Å². The number of nitrogens with one attached hydrogen (secondary N) is 2. The molecule has 4 heterocycles. The lowest BCUT2D eigenvalue weighted by Gasteiger charge is -2.28. The van der Waals surface area contributed by atoms with Gasteiger partial charge in [0.1, 0.15) is 11.3 Å². The smallest absolute Gasteiger partial charge is 0.350 e. The van der Waals surface area contributed by atoms with Gasteiger partial charge in [0.2, 0.25) is 5.95 Å². The number of tetrazole rings is 1. The molecule has 33 heavy (non-hydrogen) atoms. The van der Waals surface area contributed by atoms with Crippen LogP contribution in [0.25, 0.3) is 17.1 Å². The van der Waals surface area contributed by atoms with Gasteiger partial charge in [0.15, 0.2) is 5.82 Å². The van der Waals surface area contributed by atoms with E-state index in [1.165, 1.54) is 4.68 Å². The van der Waals surface area contributed by atoms with E-state index >= 15 is 0 Å². The highest BCUT2D eigenvalue weighted by molar-refractivity contribution is 5.84. The van der Waals surface area contributed by atoms with Gasteiger partial charge in [-0.2, -0.15) is 13.2 Å². The van der Waals surface area contributed by atoms with Crippen molar-refractivity contribution < 1.29 is 13.2 Å². The zero-order chi connectivity index (χ0) is 23.2. The van der Waals surface area contributed by atoms with Gasteiger partial charge in [0.25, 0.3) is 0 Å². The molecule has 0 radical (unpaired) electrons. The molecule has 0 saturated carbocycles. The normalized spacial score (nSPS) is 20.5. The number of hydrogen-bond donors (Lipinski definition) is 2. The zero-order valence-electron chi connectivity index (χ0n) is 18.1. The number of halogens is 3. The Bertz CT molecular complexity index is 1210. The number of rotatable bonds is 4. The number of pyridine rings is 1. The third-order valence-electron chi connectivity index (χ3n) is 5.96. The van der Waals surface area contributed by atoms with Crippen LogP contribution in [0.3, 0.4) is 0 Å². The molecule has 3 aromatic rings. The summed E-state index contributed by atoms with van der Waals surface area (Å²) in [6.07, 6.45) is 0.244. The summed E-state index contributed by atoms with van der Waals surface area (Å²) >= 11 is 0. The Morgan fingerprint density at radius 3 is 2.73 bits per heavy atom. The van der Waals surface area contributed by atoms with E-state index in [0.29, 0.717) is 47.4 Å². The SMILES string of the molecule is C[C@@H]1CC[C@@H](Nc2ncc(C(F)(F)F)c(C3=CCc4nc(-c5nnnn5C)ccc43)n2)CN1. The Kier molecular flexibility index (Phi) is 5.31. The molecule has 5 rings (SSSR count). The van der Waals surface area contributed by atoms with Crippen molar-refractivity contribution in [2.75, 3.05) is 11.9 Å². The summed E-state index contributed by atoms with van der Waals surface area (Å²) < 4.78 is 43.0. The molecule has 2 aliphatic rings. The Morgan fingerprint density at radius 2 is 2.03 bits per heavy atom. The minimum atomic E-state index is -4.59. The van der Waals surface area contributed by atoms with Gasteiger partial charge in [0, 0.05) is 49.4 Å². The molecule has 12 heteroatoms. The van der Waals surface area contributed by atoms with Gasteiger partial charge >= 0.3 is 6.18 Å². The molecule has 1 fully saturated rings. The molecular weight excluding hydrogens is 435 g/mol. The fourth-order valence-corrected chi connectivity index (χ4v) is 4.17. The minimum Gasteiger partial charge on any atom is -0.350 e. The van der Waals surface area contributed by atoms with E-state index in [4.69, 9.17) is 0 Å². The second-order valence-electron chi connectivity index (χ2n) is 8.32. The second-order valence-corrected chi connectivity index (χ2v) is 8.32. The summed E-state index contributed by atoms with van der Waals surface area (Å²) in [4.78, 5) is 12.9. The Morgan fingerprint density at radius 1 is 1.18 bits per heavy atom. The van der Waals surface area contributed by atoms with Gasteiger partial charge in [0.05, 0.1) is 11.4 Å². The van der Waals surface area contributed by atoms with Gasteiger partial charge < -0.3 is 10.6 Å². The van der Waals surface area contributed by atoms with Gasteiger partial charge in [-0.3, -0.25) is 0 Å². The fraction of sp³-hybridized carbons (Fsp3) is 0.429. The lowest BCUT2D eigenvalue weighted by atomic mass is 10.0. The molecule has 2 N–H and O–H groups in total. The van der Waals surface area contributed by atoms with Crippen LogP contribution in [0.1, 0.15) is 42.3 Å². The van der Waals surface area contributed by atoms with Crippen LogP contribution in [0.5, 0.6) is 0 Å². The van der Waals surface area contributed by atoms with E-state index in [0.717, 1.165) is 19.0 Å². The predicted octanol–water partition coefficient (Wildman–Crippen LogP) is 2.62. The number of allylic oxidation sites excluding steroid dienone is 1. The largest absolute Gasteiger partial charge is 0.419 e. The molecule has 1 aliphatic heterocycles. The highest BCUT2D eigenvalue weighted by Gasteiger charge is 2.37. The maximum Gasteiger partial charge on any atom is 0.419 e. The van der Waals surface area contributed by atoms with Crippen molar-refractivity contribution in [2.45, 2.75) is 44.4 Å². The van der Waals surface area contributed by atoms with Crippen molar-refractivity contribution in [1.82, 2.24) is 40.5 Å². The third-order valence-corrected chi connectivity index (χ3v) is 5.96. The number of aromatic nitrogens is 7. The van der Waals surface area contributed by atoms with E-state index in [1.54, 1.807) is 25.3 Å². The Hall–Kier alpha value is -3.41. The topological polar surface area (TPSA) is 106 Å². The maximum atomic E-state index is 13.8. The van der Waals surface area contributed by atoms with Crippen molar-refractivity contribution in [3.8, 4) is 11.5 Å². The summed E-state index contributed by atoms with van der Waals surface area (Å²) in [7, 11) is 1.70. The number of alkyl halides is 3. The highest BCUT2D eigenvalue weighted by atomic mass is 19.4.